The van der Waals surface area contributed by atoms with Crippen LogP contribution in [0.3, 0.4) is 0 Å². The summed E-state index contributed by atoms with van der Waals surface area (Å²) in [5, 5.41) is 7.89. The van der Waals surface area contributed by atoms with E-state index in [-0.39, 0.29) is 17.9 Å². The molecule has 3 aromatic rings. The Morgan fingerprint density at radius 3 is 2.33 bits per heavy atom. The predicted molar refractivity (Wildman–Crippen MR) is 129 cm³/mol. The SMILES string of the molecule is CN(C(=O)C(Cc1ccc2ccccc2c1)NC=O)C(Cc1ccccc1)C(=O)NC1CC1. The lowest BCUT2D eigenvalue weighted by molar-refractivity contribution is -0.141. The van der Waals surface area contributed by atoms with Crippen molar-refractivity contribution in [2.75, 3.05) is 7.05 Å². The first-order valence-corrected chi connectivity index (χ1v) is 11.3. The highest BCUT2D eigenvalue weighted by Gasteiger charge is 2.34. The third kappa shape index (κ3) is 5.77. The average molecular weight is 444 g/mol. The van der Waals surface area contributed by atoms with Gasteiger partial charge in [0.1, 0.15) is 12.1 Å². The van der Waals surface area contributed by atoms with E-state index in [9.17, 15) is 14.4 Å². The number of hydrogen-bond donors (Lipinski definition) is 2. The van der Waals surface area contributed by atoms with Crippen LogP contribution in [0.4, 0.5) is 0 Å². The lowest BCUT2D eigenvalue weighted by atomic mass is 9.99. The number of carbonyl (C=O) groups excluding carboxylic acids is 3. The number of carbonyl (C=O) groups is 3. The molecular formula is C27H29N3O3. The molecule has 3 amide bonds. The van der Waals surface area contributed by atoms with Crippen LogP contribution in [0.2, 0.25) is 0 Å². The fourth-order valence-electron chi connectivity index (χ4n) is 4.07. The van der Waals surface area contributed by atoms with Crippen molar-refractivity contribution in [1.29, 1.82) is 0 Å². The van der Waals surface area contributed by atoms with Crippen molar-refractivity contribution in [3.05, 3.63) is 83.9 Å². The molecule has 1 aliphatic rings. The van der Waals surface area contributed by atoms with Crippen molar-refractivity contribution in [2.24, 2.45) is 0 Å². The molecule has 3 aromatic carbocycles. The minimum Gasteiger partial charge on any atom is -0.352 e. The Kier molecular flexibility index (Phi) is 7.03. The van der Waals surface area contributed by atoms with Gasteiger partial charge in [-0.1, -0.05) is 72.8 Å². The Bertz CT molecular complexity index is 1130. The van der Waals surface area contributed by atoms with E-state index in [0.29, 0.717) is 19.3 Å². The fourth-order valence-corrected chi connectivity index (χ4v) is 4.07. The maximum atomic E-state index is 13.5. The molecule has 2 atom stereocenters. The van der Waals surface area contributed by atoms with Crippen LogP contribution >= 0.6 is 0 Å². The lowest BCUT2D eigenvalue weighted by Gasteiger charge is -2.30. The maximum Gasteiger partial charge on any atom is 0.245 e. The summed E-state index contributed by atoms with van der Waals surface area (Å²) in [5.74, 6) is -0.449. The highest BCUT2D eigenvalue weighted by molar-refractivity contribution is 5.91. The van der Waals surface area contributed by atoms with Gasteiger partial charge in [-0.15, -0.1) is 0 Å². The van der Waals surface area contributed by atoms with Crippen LogP contribution in [-0.4, -0.2) is 48.3 Å². The predicted octanol–water partition coefficient (Wildman–Crippen LogP) is 2.85. The fraction of sp³-hybridized carbons (Fsp3) is 0.296. The van der Waals surface area contributed by atoms with E-state index in [4.69, 9.17) is 0 Å². The number of rotatable bonds is 10. The summed E-state index contributed by atoms with van der Waals surface area (Å²) in [7, 11) is 1.64. The van der Waals surface area contributed by atoms with Gasteiger partial charge in [-0.25, -0.2) is 0 Å². The molecule has 2 unspecified atom stereocenters. The normalized spacial score (nSPS) is 14.8. The number of nitrogens with one attached hydrogen (secondary N) is 2. The topological polar surface area (TPSA) is 78.5 Å². The maximum absolute atomic E-state index is 13.5. The van der Waals surface area contributed by atoms with Crippen LogP contribution in [0.1, 0.15) is 24.0 Å². The number of hydrogen-bond acceptors (Lipinski definition) is 3. The minimum atomic E-state index is -0.763. The van der Waals surface area contributed by atoms with Crippen molar-refractivity contribution < 1.29 is 14.4 Å². The van der Waals surface area contributed by atoms with Crippen LogP contribution < -0.4 is 10.6 Å². The van der Waals surface area contributed by atoms with Gasteiger partial charge >= 0.3 is 0 Å². The first-order chi connectivity index (χ1) is 16.0. The number of nitrogens with zero attached hydrogens (tertiary/aromatic N) is 1. The molecule has 0 aliphatic heterocycles. The van der Waals surface area contributed by atoms with Crippen LogP contribution in [-0.2, 0) is 27.2 Å². The summed E-state index contributed by atoms with van der Waals surface area (Å²) in [6.07, 6.45) is 3.24. The highest BCUT2D eigenvalue weighted by Crippen LogP contribution is 2.21. The number of fused-ring (bicyclic) bond motifs is 1. The summed E-state index contributed by atoms with van der Waals surface area (Å²) < 4.78 is 0. The van der Waals surface area contributed by atoms with Gasteiger partial charge in [0.05, 0.1) is 0 Å². The second-order valence-corrected chi connectivity index (χ2v) is 8.66. The number of likely N-dealkylation sites (N-methyl/N-ethyl adjacent to an activating group) is 1. The molecule has 1 aliphatic carbocycles. The Morgan fingerprint density at radius 1 is 0.939 bits per heavy atom. The molecule has 0 heterocycles. The van der Waals surface area contributed by atoms with E-state index >= 15 is 0 Å². The largest absolute Gasteiger partial charge is 0.352 e. The van der Waals surface area contributed by atoms with Crippen LogP contribution in [0.5, 0.6) is 0 Å². The quantitative estimate of drug-likeness (QED) is 0.473. The van der Waals surface area contributed by atoms with Gasteiger partial charge in [-0.3, -0.25) is 14.4 Å². The summed E-state index contributed by atoms with van der Waals surface area (Å²) in [6, 6.07) is 22.5. The zero-order valence-corrected chi connectivity index (χ0v) is 18.7. The molecule has 0 spiro atoms. The molecular weight excluding hydrogens is 414 g/mol. The van der Waals surface area contributed by atoms with Crippen molar-refractivity contribution in [2.45, 2.75) is 43.8 Å². The third-order valence-electron chi connectivity index (χ3n) is 6.13. The van der Waals surface area contributed by atoms with E-state index in [1.807, 2.05) is 72.8 Å². The molecule has 1 fully saturated rings. The second kappa shape index (κ2) is 10.3. The van der Waals surface area contributed by atoms with Gasteiger partial charge in [0.15, 0.2) is 0 Å². The minimum absolute atomic E-state index is 0.159. The van der Waals surface area contributed by atoms with Gasteiger partial charge in [0.2, 0.25) is 18.2 Å². The molecule has 1 saturated carbocycles. The van der Waals surface area contributed by atoms with Crippen LogP contribution in [0.25, 0.3) is 10.8 Å². The molecule has 0 radical (unpaired) electrons. The standard InChI is InChI=1S/C27H29N3O3/c1-30(25(26(32)29-23-13-14-23)17-19-7-3-2-4-8-19)27(33)24(28-18-31)16-20-11-12-21-9-5-6-10-22(21)15-20/h2-12,15,18,23-25H,13-14,16-17H2,1H3,(H,28,31)(H,29,32). The Hall–Kier alpha value is -3.67. The van der Waals surface area contributed by atoms with Crippen molar-refractivity contribution in [3.63, 3.8) is 0 Å². The third-order valence-corrected chi connectivity index (χ3v) is 6.13. The van der Waals surface area contributed by atoms with E-state index in [0.717, 1.165) is 34.7 Å². The van der Waals surface area contributed by atoms with Gasteiger partial charge in [-0.05, 0) is 34.7 Å². The zero-order valence-electron chi connectivity index (χ0n) is 18.7. The van der Waals surface area contributed by atoms with Crippen molar-refractivity contribution in [3.8, 4) is 0 Å². The molecule has 0 bridgehead atoms. The van der Waals surface area contributed by atoms with Crippen LogP contribution in [0, 0.1) is 0 Å². The molecule has 0 saturated heterocycles. The number of amides is 3. The molecule has 6 nitrogen and oxygen atoms in total. The Labute approximate surface area is 194 Å². The first kappa shape index (κ1) is 22.5. The molecule has 4 rings (SSSR count). The van der Waals surface area contributed by atoms with Gasteiger partial charge in [-0.2, -0.15) is 0 Å². The van der Waals surface area contributed by atoms with Gasteiger partial charge in [0, 0.05) is 25.9 Å². The summed E-state index contributed by atoms with van der Waals surface area (Å²) in [4.78, 5) is 39.3. The lowest BCUT2D eigenvalue weighted by Crippen LogP contribution is -2.55. The van der Waals surface area contributed by atoms with Crippen molar-refractivity contribution >= 4 is 29.0 Å². The molecule has 6 heteroatoms. The zero-order chi connectivity index (χ0) is 23.2. The number of benzene rings is 3. The summed E-state index contributed by atoms with van der Waals surface area (Å²) >= 11 is 0. The molecule has 0 aromatic heterocycles. The van der Waals surface area contributed by atoms with Crippen molar-refractivity contribution in [1.82, 2.24) is 15.5 Å². The monoisotopic (exact) mass is 443 g/mol. The average Bonchev–Trinajstić information content (AvgIpc) is 3.66. The molecule has 170 valence electrons. The highest BCUT2D eigenvalue weighted by atomic mass is 16.2. The second-order valence-electron chi connectivity index (χ2n) is 8.66. The van der Waals surface area contributed by atoms with Gasteiger partial charge < -0.3 is 15.5 Å². The molecule has 2 N–H and O–H groups in total. The van der Waals surface area contributed by atoms with Crippen LogP contribution in [0.15, 0.2) is 72.8 Å². The van der Waals surface area contributed by atoms with Gasteiger partial charge in [0.25, 0.3) is 0 Å². The Morgan fingerprint density at radius 2 is 1.64 bits per heavy atom. The smallest absolute Gasteiger partial charge is 0.245 e. The summed E-state index contributed by atoms with van der Waals surface area (Å²) in [6.45, 7) is 0. The van der Waals surface area contributed by atoms with E-state index in [1.165, 1.54) is 4.90 Å². The molecule has 33 heavy (non-hydrogen) atoms. The van der Waals surface area contributed by atoms with E-state index in [1.54, 1.807) is 7.05 Å². The van der Waals surface area contributed by atoms with E-state index < -0.39 is 12.1 Å². The summed E-state index contributed by atoms with van der Waals surface area (Å²) in [5.41, 5.74) is 1.92. The Balaban J connectivity index is 1.54. The first-order valence-electron chi connectivity index (χ1n) is 11.3. The van der Waals surface area contributed by atoms with E-state index in [2.05, 4.69) is 10.6 Å².